The van der Waals surface area contributed by atoms with Crippen LogP contribution < -0.4 is 5.73 Å². The monoisotopic (exact) mass is 236 g/mol. The lowest BCUT2D eigenvalue weighted by molar-refractivity contribution is 1.39. The number of nitrogens with two attached hydrogens (primary N) is 1. The molecule has 0 aliphatic heterocycles. The van der Waals surface area contributed by atoms with Gasteiger partial charge in [-0.3, -0.25) is 0 Å². The van der Waals surface area contributed by atoms with Crippen molar-refractivity contribution in [3.8, 4) is 0 Å². The van der Waals surface area contributed by atoms with E-state index in [2.05, 4.69) is 4.98 Å². The number of aromatic nitrogens is 1. The van der Waals surface area contributed by atoms with E-state index in [4.69, 9.17) is 17.3 Å². The zero-order valence-electron chi connectivity index (χ0n) is 7.85. The van der Waals surface area contributed by atoms with Gasteiger partial charge in [0.05, 0.1) is 5.69 Å². The topological polar surface area (TPSA) is 38.9 Å². The summed E-state index contributed by atoms with van der Waals surface area (Å²) in [4.78, 5) is 4.13. The Morgan fingerprint density at radius 2 is 1.93 bits per heavy atom. The molecule has 0 saturated heterocycles. The van der Waals surface area contributed by atoms with Crippen LogP contribution in [0.1, 0.15) is 11.3 Å². The molecule has 0 aliphatic carbocycles. The molecule has 0 fully saturated rings. The molecule has 0 bridgehead atoms. The molecule has 2 N–H and O–H groups in total. The van der Waals surface area contributed by atoms with Gasteiger partial charge in [-0.25, -0.2) is 4.98 Å². The maximum atomic E-state index is 5.78. The highest BCUT2D eigenvalue weighted by Gasteiger charge is 1.93. The van der Waals surface area contributed by atoms with Crippen LogP contribution in [0.3, 0.4) is 0 Å². The molecule has 1 aromatic heterocycles. The standard InChI is InChI=1S/C11H9ClN2S/c12-9-4-1-8(2-5-9)3-6-10-7-15-11(13)14-10/h1-7H,(H2,13,14)/b6-3+. The van der Waals surface area contributed by atoms with E-state index in [1.54, 1.807) is 0 Å². The lowest BCUT2D eigenvalue weighted by atomic mass is 10.2. The molecule has 0 atom stereocenters. The minimum Gasteiger partial charge on any atom is -0.375 e. The molecule has 2 rings (SSSR count). The summed E-state index contributed by atoms with van der Waals surface area (Å²) in [7, 11) is 0. The quantitative estimate of drug-likeness (QED) is 0.866. The van der Waals surface area contributed by atoms with Gasteiger partial charge < -0.3 is 5.73 Å². The summed E-state index contributed by atoms with van der Waals surface area (Å²) in [5.74, 6) is 0. The van der Waals surface area contributed by atoms with Crippen molar-refractivity contribution in [2.45, 2.75) is 0 Å². The number of benzene rings is 1. The Balaban J connectivity index is 2.14. The molecule has 1 aromatic carbocycles. The molecule has 76 valence electrons. The maximum Gasteiger partial charge on any atom is 0.180 e. The van der Waals surface area contributed by atoms with Crippen LogP contribution in [0.5, 0.6) is 0 Å². The average Bonchev–Trinajstić information content (AvgIpc) is 2.64. The third-order valence-electron chi connectivity index (χ3n) is 1.86. The highest BCUT2D eigenvalue weighted by molar-refractivity contribution is 7.13. The van der Waals surface area contributed by atoms with Crippen molar-refractivity contribution in [1.82, 2.24) is 4.98 Å². The minimum atomic E-state index is 0.589. The van der Waals surface area contributed by atoms with Crippen LogP contribution in [0.15, 0.2) is 29.6 Å². The Morgan fingerprint density at radius 3 is 2.53 bits per heavy atom. The van der Waals surface area contributed by atoms with Crippen LogP contribution in [0.2, 0.25) is 5.02 Å². The zero-order valence-corrected chi connectivity index (χ0v) is 9.42. The van der Waals surface area contributed by atoms with Gasteiger partial charge in [0.15, 0.2) is 5.13 Å². The molecular weight excluding hydrogens is 228 g/mol. The van der Waals surface area contributed by atoms with E-state index in [9.17, 15) is 0 Å². The van der Waals surface area contributed by atoms with E-state index in [1.165, 1.54) is 11.3 Å². The predicted octanol–water partition coefficient (Wildman–Crippen LogP) is 3.55. The van der Waals surface area contributed by atoms with Gasteiger partial charge in [0, 0.05) is 10.4 Å². The maximum absolute atomic E-state index is 5.78. The minimum absolute atomic E-state index is 0.589. The van der Waals surface area contributed by atoms with Gasteiger partial charge in [-0.2, -0.15) is 0 Å². The molecule has 0 unspecified atom stereocenters. The Bertz CT molecular complexity index is 474. The van der Waals surface area contributed by atoms with Gasteiger partial charge in [0.1, 0.15) is 0 Å². The second-order valence-electron chi connectivity index (χ2n) is 3.00. The summed E-state index contributed by atoms with van der Waals surface area (Å²) < 4.78 is 0. The summed E-state index contributed by atoms with van der Waals surface area (Å²) in [6.07, 6.45) is 3.90. The molecule has 1 heterocycles. The summed E-state index contributed by atoms with van der Waals surface area (Å²) in [6, 6.07) is 7.62. The fourth-order valence-electron chi connectivity index (χ4n) is 1.13. The summed E-state index contributed by atoms with van der Waals surface area (Å²) in [5.41, 5.74) is 7.49. The van der Waals surface area contributed by atoms with Crippen LogP contribution in [0.4, 0.5) is 5.13 Å². The van der Waals surface area contributed by atoms with Crippen molar-refractivity contribution in [3.05, 3.63) is 45.9 Å². The average molecular weight is 237 g/mol. The van der Waals surface area contributed by atoms with Gasteiger partial charge in [-0.05, 0) is 23.8 Å². The Morgan fingerprint density at radius 1 is 1.20 bits per heavy atom. The Labute approximate surface area is 97.0 Å². The smallest absolute Gasteiger partial charge is 0.180 e. The molecule has 0 amide bonds. The highest BCUT2D eigenvalue weighted by atomic mass is 35.5. The van der Waals surface area contributed by atoms with Crippen molar-refractivity contribution in [2.24, 2.45) is 0 Å². The van der Waals surface area contributed by atoms with Gasteiger partial charge in [-0.1, -0.05) is 29.8 Å². The molecule has 4 heteroatoms. The second-order valence-corrected chi connectivity index (χ2v) is 4.32. The van der Waals surface area contributed by atoms with E-state index >= 15 is 0 Å². The molecule has 15 heavy (non-hydrogen) atoms. The van der Waals surface area contributed by atoms with Crippen molar-refractivity contribution in [2.75, 3.05) is 5.73 Å². The normalized spacial score (nSPS) is 11.0. The number of nitrogen functional groups attached to an aromatic ring is 1. The first kappa shape index (κ1) is 10.2. The summed E-state index contributed by atoms with van der Waals surface area (Å²) >= 11 is 7.22. The van der Waals surface area contributed by atoms with Crippen LogP contribution in [0.25, 0.3) is 12.2 Å². The molecule has 2 aromatic rings. The molecule has 0 aliphatic rings. The number of nitrogens with zero attached hydrogens (tertiary/aromatic N) is 1. The lowest BCUT2D eigenvalue weighted by Gasteiger charge is -1.92. The molecule has 0 spiro atoms. The molecule has 2 nitrogen and oxygen atoms in total. The van der Waals surface area contributed by atoms with E-state index in [1.807, 2.05) is 41.8 Å². The van der Waals surface area contributed by atoms with Crippen molar-refractivity contribution in [3.63, 3.8) is 0 Å². The van der Waals surface area contributed by atoms with E-state index in [-0.39, 0.29) is 0 Å². The van der Waals surface area contributed by atoms with Crippen LogP contribution in [0, 0.1) is 0 Å². The van der Waals surface area contributed by atoms with Gasteiger partial charge in [0.2, 0.25) is 0 Å². The Hall–Kier alpha value is -1.32. The van der Waals surface area contributed by atoms with Gasteiger partial charge >= 0.3 is 0 Å². The first-order chi connectivity index (χ1) is 7.24. The third-order valence-corrected chi connectivity index (χ3v) is 2.80. The van der Waals surface area contributed by atoms with Gasteiger partial charge in [-0.15, -0.1) is 11.3 Å². The van der Waals surface area contributed by atoms with E-state index in [0.717, 1.165) is 16.3 Å². The number of halogens is 1. The molecule has 0 radical (unpaired) electrons. The van der Waals surface area contributed by atoms with Gasteiger partial charge in [0.25, 0.3) is 0 Å². The number of anilines is 1. The SMILES string of the molecule is Nc1nc(/C=C/c2ccc(Cl)cc2)cs1. The Kier molecular flexibility index (Phi) is 3.04. The predicted molar refractivity (Wildman–Crippen MR) is 66.9 cm³/mol. The highest BCUT2D eigenvalue weighted by Crippen LogP contribution is 2.15. The first-order valence-corrected chi connectivity index (χ1v) is 5.64. The van der Waals surface area contributed by atoms with Crippen molar-refractivity contribution < 1.29 is 0 Å². The van der Waals surface area contributed by atoms with Crippen molar-refractivity contribution in [1.29, 1.82) is 0 Å². The fraction of sp³-hybridized carbons (Fsp3) is 0. The number of thiazole rings is 1. The molecule has 0 saturated carbocycles. The van der Waals surface area contributed by atoms with E-state index < -0.39 is 0 Å². The number of hydrogen-bond acceptors (Lipinski definition) is 3. The number of rotatable bonds is 2. The zero-order chi connectivity index (χ0) is 10.7. The largest absolute Gasteiger partial charge is 0.375 e. The summed E-state index contributed by atoms with van der Waals surface area (Å²) in [6.45, 7) is 0. The van der Waals surface area contributed by atoms with Crippen LogP contribution in [-0.2, 0) is 0 Å². The van der Waals surface area contributed by atoms with Crippen LogP contribution >= 0.6 is 22.9 Å². The van der Waals surface area contributed by atoms with Crippen molar-refractivity contribution >= 4 is 40.2 Å². The third kappa shape index (κ3) is 2.81. The molecular formula is C11H9ClN2S. The second kappa shape index (κ2) is 4.47. The number of hydrogen-bond donors (Lipinski definition) is 1. The first-order valence-electron chi connectivity index (χ1n) is 4.39. The fourth-order valence-corrected chi connectivity index (χ4v) is 1.79. The summed E-state index contributed by atoms with van der Waals surface area (Å²) in [5, 5.41) is 3.25. The van der Waals surface area contributed by atoms with E-state index in [0.29, 0.717) is 5.13 Å². The lowest BCUT2D eigenvalue weighted by Crippen LogP contribution is -1.80. The van der Waals surface area contributed by atoms with Crippen LogP contribution in [-0.4, -0.2) is 4.98 Å².